The summed E-state index contributed by atoms with van der Waals surface area (Å²) in [5.41, 5.74) is 10.6. The van der Waals surface area contributed by atoms with Crippen LogP contribution in [0.1, 0.15) is 12.8 Å². The molecule has 14 aromatic rings. The van der Waals surface area contributed by atoms with Crippen molar-refractivity contribution in [2.75, 3.05) is 0 Å². The van der Waals surface area contributed by atoms with E-state index in [-0.39, 0.29) is 0 Å². The Morgan fingerprint density at radius 1 is 0.484 bits per heavy atom. The Hall–Kier alpha value is -8.06. The van der Waals surface area contributed by atoms with Crippen molar-refractivity contribution in [3.05, 3.63) is 182 Å². The molecule has 1 aliphatic rings. The Morgan fingerprint density at radius 2 is 1.28 bits per heavy atom. The Kier molecular flexibility index (Phi) is 6.88. The van der Waals surface area contributed by atoms with Gasteiger partial charge >= 0.3 is 0 Å². The highest BCUT2D eigenvalue weighted by Gasteiger charge is 2.27. The molecular formula is C58H34N4OS. The van der Waals surface area contributed by atoms with Crippen molar-refractivity contribution in [1.29, 1.82) is 0 Å². The first-order valence-corrected chi connectivity index (χ1v) is 22.8. The van der Waals surface area contributed by atoms with Gasteiger partial charge in [0.2, 0.25) is 5.71 Å². The topological polar surface area (TPSA) is 48.8 Å². The average Bonchev–Trinajstić information content (AvgIpc) is 4.12. The maximum absolute atomic E-state index is 6.62. The second kappa shape index (κ2) is 12.8. The molecule has 0 N–H and O–H groups in total. The molecule has 0 saturated carbocycles. The second-order valence-electron chi connectivity index (χ2n) is 17.1. The molecule has 5 aromatic heterocycles. The van der Waals surface area contributed by atoms with Crippen LogP contribution in [0.3, 0.4) is 0 Å². The van der Waals surface area contributed by atoms with Gasteiger partial charge in [-0.3, -0.25) is 4.57 Å². The van der Waals surface area contributed by atoms with Gasteiger partial charge < -0.3 is 8.98 Å². The van der Waals surface area contributed by atoms with Crippen molar-refractivity contribution in [3.8, 4) is 28.3 Å². The third kappa shape index (κ3) is 4.62. The Balaban J connectivity index is 1.11. The number of rotatable bonds is 4. The number of allylic oxidation sites excluding steroid dienone is 4. The molecule has 0 spiro atoms. The van der Waals surface area contributed by atoms with Crippen LogP contribution in [0, 0.1) is 0 Å². The molecule has 0 atom stereocenters. The molecular weight excluding hydrogens is 801 g/mol. The molecule has 0 amide bonds. The standard InChI is InChI=1S/C58H34N4OS/c1-3-14-34(15-4-1)56-59-57(53-41-21-9-11-24-47(41)63-58(53)60-56)62-44-29-28-35(31-43(44)51-52-42-22-10-12-25-48(42)64-55(52)40-20-8-7-19-39(40)54(51)62)37-30-36-27-26-33-16-13-23-45-49(33)50(36)46(32-37)61(45)38-17-5-2-6-18-38/h1,3-5,7-32H,2,6H2. The highest BCUT2D eigenvalue weighted by Crippen LogP contribution is 2.50. The van der Waals surface area contributed by atoms with Crippen molar-refractivity contribution < 1.29 is 4.42 Å². The number of thiophene rings is 1. The van der Waals surface area contributed by atoms with E-state index in [9.17, 15) is 0 Å². The van der Waals surface area contributed by atoms with Crippen molar-refractivity contribution >= 4 is 124 Å². The molecule has 1 aliphatic carbocycles. The minimum Gasteiger partial charge on any atom is -0.437 e. The van der Waals surface area contributed by atoms with Gasteiger partial charge in [-0.15, -0.1) is 11.3 Å². The monoisotopic (exact) mass is 834 g/mol. The van der Waals surface area contributed by atoms with Crippen LogP contribution in [0.15, 0.2) is 186 Å². The molecule has 298 valence electrons. The van der Waals surface area contributed by atoms with E-state index in [1.807, 2.05) is 41.7 Å². The number of furan rings is 1. The predicted molar refractivity (Wildman–Crippen MR) is 269 cm³/mol. The molecule has 5 heterocycles. The molecule has 6 heteroatoms. The molecule has 0 aliphatic heterocycles. The van der Waals surface area contributed by atoms with Crippen molar-refractivity contribution in [3.63, 3.8) is 0 Å². The molecule has 0 unspecified atom stereocenters. The summed E-state index contributed by atoms with van der Waals surface area (Å²) in [6.45, 7) is 0. The average molecular weight is 835 g/mol. The van der Waals surface area contributed by atoms with Crippen LogP contribution >= 0.6 is 11.3 Å². The SMILES string of the molecule is C1=CC(n2c3cccc4ccc5cc(-c6ccc7c(c6)c6c8c9ccccc9sc8c8ccccc8c6n7-c6nc(-c7ccccc7)nc7oc8ccccc8c67)cc2c5c43)=CCC1. The summed E-state index contributed by atoms with van der Waals surface area (Å²) >= 11 is 1.88. The van der Waals surface area contributed by atoms with E-state index in [2.05, 4.69) is 161 Å². The molecule has 9 aromatic carbocycles. The lowest BCUT2D eigenvalue weighted by atomic mass is 9.95. The minimum absolute atomic E-state index is 0.569. The van der Waals surface area contributed by atoms with E-state index >= 15 is 0 Å². The third-order valence-corrected chi connectivity index (χ3v) is 14.9. The number of fused-ring (bicyclic) bond motifs is 13. The van der Waals surface area contributed by atoms with Crippen LogP contribution in [-0.4, -0.2) is 19.1 Å². The molecule has 0 radical (unpaired) electrons. The first kappa shape index (κ1) is 34.5. The fourth-order valence-electron chi connectivity index (χ4n) is 11.0. The number of benzene rings is 9. The van der Waals surface area contributed by atoms with Crippen LogP contribution in [0.25, 0.3) is 141 Å². The molecule has 64 heavy (non-hydrogen) atoms. The van der Waals surface area contributed by atoms with Crippen molar-refractivity contribution in [2.24, 2.45) is 0 Å². The maximum atomic E-state index is 6.62. The van der Waals surface area contributed by atoms with Crippen LogP contribution in [0.5, 0.6) is 0 Å². The van der Waals surface area contributed by atoms with Crippen molar-refractivity contribution in [1.82, 2.24) is 19.1 Å². The molecule has 15 rings (SSSR count). The lowest BCUT2D eigenvalue weighted by Gasteiger charge is -2.13. The number of hydrogen-bond acceptors (Lipinski definition) is 4. The fraction of sp³-hybridized carbons (Fsp3) is 0.0345. The van der Waals surface area contributed by atoms with Gasteiger partial charge in [0.25, 0.3) is 0 Å². The summed E-state index contributed by atoms with van der Waals surface area (Å²) in [5.74, 6) is 1.42. The number of hydrogen-bond donors (Lipinski definition) is 0. The second-order valence-corrected chi connectivity index (χ2v) is 18.2. The molecule has 0 bridgehead atoms. The van der Waals surface area contributed by atoms with Crippen LogP contribution in [0.2, 0.25) is 0 Å². The van der Waals surface area contributed by atoms with E-state index in [4.69, 9.17) is 14.4 Å². The van der Waals surface area contributed by atoms with Gasteiger partial charge in [-0.1, -0.05) is 133 Å². The zero-order valence-corrected chi connectivity index (χ0v) is 35.2. The normalized spacial score (nSPS) is 13.5. The summed E-state index contributed by atoms with van der Waals surface area (Å²) in [4.78, 5) is 10.7. The van der Waals surface area contributed by atoms with E-state index in [1.165, 1.54) is 91.1 Å². The van der Waals surface area contributed by atoms with Crippen LogP contribution in [-0.2, 0) is 0 Å². The Morgan fingerprint density at radius 3 is 2.17 bits per heavy atom. The quantitative estimate of drug-likeness (QED) is 0.166. The molecule has 5 nitrogen and oxygen atoms in total. The van der Waals surface area contributed by atoms with Crippen molar-refractivity contribution in [2.45, 2.75) is 12.8 Å². The smallest absolute Gasteiger partial charge is 0.233 e. The van der Waals surface area contributed by atoms with Crippen LogP contribution < -0.4 is 0 Å². The maximum Gasteiger partial charge on any atom is 0.233 e. The van der Waals surface area contributed by atoms with Gasteiger partial charge in [0.15, 0.2) is 11.6 Å². The molecule has 0 fully saturated rings. The lowest BCUT2D eigenvalue weighted by Crippen LogP contribution is -2.02. The summed E-state index contributed by atoms with van der Waals surface area (Å²) < 4.78 is 14.1. The zero-order chi connectivity index (χ0) is 41.6. The highest BCUT2D eigenvalue weighted by atomic mass is 32.1. The van der Waals surface area contributed by atoms with E-state index in [1.54, 1.807) is 0 Å². The summed E-state index contributed by atoms with van der Waals surface area (Å²) in [6.07, 6.45) is 9.11. The fourth-order valence-corrected chi connectivity index (χ4v) is 12.2. The summed E-state index contributed by atoms with van der Waals surface area (Å²) in [5, 5.41) is 14.4. The number of para-hydroxylation sites is 1. The predicted octanol–water partition coefficient (Wildman–Crippen LogP) is 16.2. The molecule has 0 saturated heterocycles. The zero-order valence-electron chi connectivity index (χ0n) is 34.3. The van der Waals surface area contributed by atoms with Gasteiger partial charge in [0.05, 0.1) is 27.5 Å². The van der Waals surface area contributed by atoms with E-state index < -0.39 is 0 Å². The van der Waals surface area contributed by atoms with Gasteiger partial charge in [0, 0.05) is 69.1 Å². The number of nitrogens with zero attached hydrogens (tertiary/aromatic N) is 4. The van der Waals surface area contributed by atoms with E-state index in [0.717, 1.165) is 51.6 Å². The largest absolute Gasteiger partial charge is 0.437 e. The lowest BCUT2D eigenvalue weighted by molar-refractivity contribution is 0.653. The van der Waals surface area contributed by atoms with Gasteiger partial charge in [0.1, 0.15) is 5.58 Å². The minimum atomic E-state index is 0.569. The Labute approximate surface area is 369 Å². The third-order valence-electron chi connectivity index (χ3n) is 13.7. The first-order chi connectivity index (χ1) is 31.7. The van der Waals surface area contributed by atoms with E-state index in [0.29, 0.717) is 11.5 Å². The van der Waals surface area contributed by atoms with Gasteiger partial charge in [-0.25, -0.2) is 4.98 Å². The van der Waals surface area contributed by atoms with Gasteiger partial charge in [-0.05, 0) is 83.3 Å². The number of aromatic nitrogens is 4. The summed E-state index contributed by atoms with van der Waals surface area (Å²) in [7, 11) is 0. The van der Waals surface area contributed by atoms with Gasteiger partial charge in [-0.2, -0.15) is 4.98 Å². The van der Waals surface area contributed by atoms with Crippen LogP contribution in [0.4, 0.5) is 0 Å². The Bertz CT molecular complexity index is 4370. The highest BCUT2D eigenvalue weighted by molar-refractivity contribution is 7.27. The summed E-state index contributed by atoms with van der Waals surface area (Å²) in [6, 6.07) is 59.5. The first-order valence-electron chi connectivity index (χ1n) is 22.0.